The van der Waals surface area contributed by atoms with Gasteiger partial charge in [0.1, 0.15) is 0 Å². The Balaban J connectivity index is 0.000000686. The van der Waals surface area contributed by atoms with Crippen molar-refractivity contribution < 1.29 is 0 Å². The minimum Gasteiger partial charge on any atom is -0.306 e. The molecule has 0 aromatic rings. The fourth-order valence-electron chi connectivity index (χ4n) is 3.47. The van der Waals surface area contributed by atoms with E-state index in [1.54, 1.807) is 0 Å². The lowest BCUT2D eigenvalue weighted by atomic mass is 9.73. The molecule has 0 amide bonds. The summed E-state index contributed by atoms with van der Waals surface area (Å²) < 4.78 is 0. The molecule has 2 rings (SSSR count). The first-order chi connectivity index (χ1) is 8.11. The van der Waals surface area contributed by atoms with Crippen LogP contribution in [0, 0.1) is 5.41 Å². The molecule has 102 valence electrons. The third-order valence-corrected chi connectivity index (χ3v) is 4.27. The van der Waals surface area contributed by atoms with Crippen molar-refractivity contribution in [3.8, 4) is 0 Å². The Morgan fingerprint density at radius 3 is 2.06 bits per heavy atom. The zero-order chi connectivity index (χ0) is 12.9. The minimum absolute atomic E-state index is 0.634. The summed E-state index contributed by atoms with van der Waals surface area (Å²) in [5.41, 5.74) is 0.634. The minimum atomic E-state index is 0.634. The van der Waals surface area contributed by atoms with Gasteiger partial charge in [0.05, 0.1) is 0 Å². The highest BCUT2D eigenvalue weighted by Gasteiger charge is 2.38. The van der Waals surface area contributed by atoms with Crippen molar-refractivity contribution >= 4 is 0 Å². The predicted molar refractivity (Wildman–Crippen MR) is 76.5 cm³/mol. The quantitative estimate of drug-likeness (QED) is 0.694. The Kier molecular flexibility index (Phi) is 5.94. The summed E-state index contributed by atoms with van der Waals surface area (Å²) in [6.07, 6.45) is 5.73. The van der Waals surface area contributed by atoms with Crippen LogP contribution in [0.15, 0.2) is 0 Å². The third kappa shape index (κ3) is 3.96. The van der Waals surface area contributed by atoms with Crippen LogP contribution in [-0.2, 0) is 0 Å². The average molecular weight is 240 g/mol. The van der Waals surface area contributed by atoms with Crippen molar-refractivity contribution in [1.29, 1.82) is 0 Å². The Labute approximate surface area is 108 Å². The molecular weight excluding hydrogens is 208 g/mol. The summed E-state index contributed by atoms with van der Waals surface area (Å²) in [5, 5.41) is 0. The highest BCUT2D eigenvalue weighted by atomic mass is 15.2. The van der Waals surface area contributed by atoms with Gasteiger partial charge in [-0.15, -0.1) is 0 Å². The van der Waals surface area contributed by atoms with Crippen LogP contribution in [0.3, 0.4) is 0 Å². The normalized spacial score (nSPS) is 31.4. The number of hydrogen-bond donors (Lipinski definition) is 0. The summed E-state index contributed by atoms with van der Waals surface area (Å²) in [7, 11) is 2.29. The van der Waals surface area contributed by atoms with Gasteiger partial charge < -0.3 is 9.80 Å². The molecule has 2 nitrogen and oxygen atoms in total. The fourth-order valence-corrected chi connectivity index (χ4v) is 3.47. The molecule has 0 saturated carbocycles. The van der Waals surface area contributed by atoms with E-state index in [1.165, 1.54) is 51.9 Å². The van der Waals surface area contributed by atoms with Crippen molar-refractivity contribution in [2.75, 3.05) is 33.2 Å². The van der Waals surface area contributed by atoms with E-state index in [4.69, 9.17) is 0 Å². The Morgan fingerprint density at radius 1 is 0.941 bits per heavy atom. The van der Waals surface area contributed by atoms with E-state index >= 15 is 0 Å². The number of piperidine rings is 2. The first-order valence-electron chi connectivity index (χ1n) is 7.54. The first kappa shape index (κ1) is 15.0. The van der Waals surface area contributed by atoms with Gasteiger partial charge in [0.25, 0.3) is 0 Å². The van der Waals surface area contributed by atoms with Gasteiger partial charge >= 0.3 is 0 Å². The topological polar surface area (TPSA) is 6.48 Å². The van der Waals surface area contributed by atoms with Gasteiger partial charge in [0, 0.05) is 19.1 Å². The molecule has 0 radical (unpaired) electrons. The molecule has 0 aliphatic carbocycles. The van der Waals surface area contributed by atoms with Gasteiger partial charge in [-0.05, 0) is 65.1 Å². The van der Waals surface area contributed by atoms with Crippen LogP contribution in [0.1, 0.15) is 53.4 Å². The molecule has 2 saturated heterocycles. The van der Waals surface area contributed by atoms with Gasteiger partial charge in [-0.1, -0.05) is 13.8 Å². The van der Waals surface area contributed by atoms with E-state index in [2.05, 4.69) is 30.7 Å². The van der Waals surface area contributed by atoms with E-state index in [-0.39, 0.29) is 0 Å². The third-order valence-electron chi connectivity index (χ3n) is 4.27. The molecule has 1 spiro atoms. The second-order valence-electron chi connectivity index (χ2n) is 6.01. The average Bonchev–Trinajstić information content (AvgIpc) is 2.31. The van der Waals surface area contributed by atoms with Gasteiger partial charge in [-0.25, -0.2) is 0 Å². The molecule has 2 aliphatic heterocycles. The van der Waals surface area contributed by atoms with Gasteiger partial charge in [0.15, 0.2) is 0 Å². The molecule has 2 heteroatoms. The van der Waals surface area contributed by atoms with Crippen LogP contribution in [0.25, 0.3) is 0 Å². The van der Waals surface area contributed by atoms with Crippen molar-refractivity contribution in [1.82, 2.24) is 9.80 Å². The molecule has 1 unspecified atom stereocenters. The maximum absolute atomic E-state index is 2.68. The van der Waals surface area contributed by atoms with E-state index in [0.717, 1.165) is 6.04 Å². The van der Waals surface area contributed by atoms with Gasteiger partial charge in [-0.2, -0.15) is 0 Å². The molecule has 0 aromatic heterocycles. The highest BCUT2D eigenvalue weighted by Crippen LogP contribution is 2.38. The Morgan fingerprint density at radius 2 is 1.53 bits per heavy atom. The van der Waals surface area contributed by atoms with Crippen molar-refractivity contribution in [3.05, 3.63) is 0 Å². The van der Waals surface area contributed by atoms with Crippen molar-refractivity contribution in [3.63, 3.8) is 0 Å². The van der Waals surface area contributed by atoms with Gasteiger partial charge in [-0.3, -0.25) is 0 Å². The first-order valence-corrected chi connectivity index (χ1v) is 7.54. The lowest BCUT2D eigenvalue weighted by Crippen LogP contribution is -2.52. The molecule has 1 atom stereocenters. The highest BCUT2D eigenvalue weighted by molar-refractivity contribution is 4.92. The smallest absolute Gasteiger partial charge is 0.00530 e. The van der Waals surface area contributed by atoms with E-state index in [9.17, 15) is 0 Å². The van der Waals surface area contributed by atoms with Crippen molar-refractivity contribution in [2.45, 2.75) is 59.4 Å². The summed E-state index contributed by atoms with van der Waals surface area (Å²) in [6, 6.07) is 0.731. The molecule has 2 aliphatic rings. The molecule has 0 bridgehead atoms. The molecule has 2 heterocycles. The second-order valence-corrected chi connectivity index (χ2v) is 6.01. The number of hydrogen-bond acceptors (Lipinski definition) is 2. The van der Waals surface area contributed by atoms with E-state index < -0.39 is 0 Å². The van der Waals surface area contributed by atoms with Crippen LogP contribution in [0.4, 0.5) is 0 Å². The molecule has 2 fully saturated rings. The number of nitrogens with zero attached hydrogens (tertiary/aromatic N) is 2. The Hall–Kier alpha value is -0.0800. The standard InChI is InChI=1S/C13H26N2.C2H6/c1-12(2)15-9-5-7-13(11-15)6-4-8-14(3)10-13;1-2/h12H,4-11H2,1-3H3;1-2H3. The van der Waals surface area contributed by atoms with E-state index in [1.807, 2.05) is 13.8 Å². The fraction of sp³-hybridized carbons (Fsp3) is 1.00. The summed E-state index contributed by atoms with van der Waals surface area (Å²) in [4.78, 5) is 5.22. The maximum atomic E-state index is 2.68. The molecule has 0 N–H and O–H groups in total. The Bertz CT molecular complexity index is 211. The molecule has 17 heavy (non-hydrogen) atoms. The zero-order valence-electron chi connectivity index (χ0n) is 12.6. The maximum Gasteiger partial charge on any atom is 0.00530 e. The lowest BCUT2D eigenvalue weighted by Gasteiger charge is -2.49. The largest absolute Gasteiger partial charge is 0.306 e. The monoisotopic (exact) mass is 240 g/mol. The summed E-state index contributed by atoms with van der Waals surface area (Å²) in [6.45, 7) is 14.0. The summed E-state index contributed by atoms with van der Waals surface area (Å²) >= 11 is 0. The second kappa shape index (κ2) is 6.75. The lowest BCUT2D eigenvalue weighted by molar-refractivity contribution is 0.0107. The van der Waals surface area contributed by atoms with Crippen LogP contribution < -0.4 is 0 Å². The van der Waals surface area contributed by atoms with Crippen LogP contribution in [-0.4, -0.2) is 49.1 Å². The molecular formula is C15H32N2. The summed E-state index contributed by atoms with van der Waals surface area (Å²) in [5.74, 6) is 0. The van der Waals surface area contributed by atoms with Crippen LogP contribution in [0.2, 0.25) is 0 Å². The van der Waals surface area contributed by atoms with E-state index in [0.29, 0.717) is 5.41 Å². The van der Waals surface area contributed by atoms with Crippen molar-refractivity contribution in [2.24, 2.45) is 5.41 Å². The predicted octanol–water partition coefficient (Wildman–Crippen LogP) is 3.23. The van der Waals surface area contributed by atoms with Crippen LogP contribution in [0.5, 0.6) is 0 Å². The number of rotatable bonds is 1. The van der Waals surface area contributed by atoms with Crippen LogP contribution >= 0.6 is 0 Å². The number of likely N-dealkylation sites (tertiary alicyclic amines) is 2. The SMILES string of the molecule is CC.CC(C)N1CCCC2(CCCN(C)C2)C1. The van der Waals surface area contributed by atoms with Gasteiger partial charge in [0.2, 0.25) is 0 Å². The zero-order valence-corrected chi connectivity index (χ0v) is 12.6. The molecule has 0 aromatic carbocycles.